The van der Waals surface area contributed by atoms with Crippen molar-refractivity contribution in [1.29, 1.82) is 0 Å². The minimum atomic E-state index is -0.667. The molecule has 12 heteroatoms. The average Bonchev–Trinajstić information content (AvgIpc) is 3.08. The molecule has 1 aliphatic rings. The lowest BCUT2D eigenvalue weighted by Gasteiger charge is -2.13. The van der Waals surface area contributed by atoms with E-state index in [0.29, 0.717) is 28.1 Å². The summed E-state index contributed by atoms with van der Waals surface area (Å²) in [4.78, 5) is 50.6. The van der Waals surface area contributed by atoms with Gasteiger partial charge in [-0.25, -0.2) is 4.79 Å². The fourth-order valence-electron chi connectivity index (χ4n) is 3.08. The number of rotatable bonds is 8. The van der Waals surface area contributed by atoms with Crippen molar-refractivity contribution in [3.05, 3.63) is 55.9 Å². The molecule has 184 valence electrons. The maximum absolute atomic E-state index is 12.9. The number of amides is 3. The second-order valence-electron chi connectivity index (χ2n) is 6.96. The van der Waals surface area contributed by atoms with Crippen molar-refractivity contribution in [3.8, 4) is 11.5 Å². The van der Waals surface area contributed by atoms with Crippen molar-refractivity contribution >= 4 is 74.1 Å². The fraction of sp³-hybridized carbons (Fsp3) is 0.217. The molecule has 1 heterocycles. The largest absolute Gasteiger partial charge is 0.493 e. The van der Waals surface area contributed by atoms with Crippen LogP contribution in [0.3, 0.4) is 0 Å². The number of esters is 1. The summed E-state index contributed by atoms with van der Waals surface area (Å²) < 4.78 is 16.2. The minimum absolute atomic E-state index is 0.0671. The molecule has 0 atom stereocenters. The van der Waals surface area contributed by atoms with Gasteiger partial charge in [0.25, 0.3) is 11.1 Å². The number of imide groups is 1. The van der Waals surface area contributed by atoms with Crippen LogP contribution in [0.25, 0.3) is 6.08 Å². The summed E-state index contributed by atoms with van der Waals surface area (Å²) in [5.74, 6) is -0.910. The van der Waals surface area contributed by atoms with Gasteiger partial charge in [0.1, 0.15) is 6.54 Å². The van der Waals surface area contributed by atoms with Gasteiger partial charge in [0.05, 0.1) is 36.3 Å². The van der Waals surface area contributed by atoms with E-state index in [9.17, 15) is 19.2 Å². The third kappa shape index (κ3) is 6.16. The van der Waals surface area contributed by atoms with Crippen LogP contribution in [0.4, 0.5) is 10.5 Å². The van der Waals surface area contributed by atoms with Crippen LogP contribution in [-0.4, -0.2) is 55.3 Å². The number of hydrogen-bond acceptors (Lipinski definition) is 8. The van der Waals surface area contributed by atoms with Crippen LogP contribution in [0.1, 0.15) is 22.8 Å². The van der Waals surface area contributed by atoms with Crippen LogP contribution in [-0.2, 0) is 14.3 Å². The fourth-order valence-corrected chi connectivity index (χ4v) is 4.54. The van der Waals surface area contributed by atoms with Crippen LogP contribution in [0.5, 0.6) is 11.5 Å². The number of ether oxygens (including phenoxy) is 3. The van der Waals surface area contributed by atoms with E-state index in [1.54, 1.807) is 12.1 Å². The Hall–Kier alpha value is -3.02. The van der Waals surface area contributed by atoms with Crippen LogP contribution in [0, 0.1) is 0 Å². The molecule has 0 aromatic heterocycles. The molecule has 1 saturated heterocycles. The lowest BCUT2D eigenvalue weighted by atomic mass is 10.2. The maximum atomic E-state index is 12.9. The van der Waals surface area contributed by atoms with Crippen LogP contribution in [0.15, 0.2) is 39.7 Å². The highest BCUT2D eigenvalue weighted by Gasteiger charge is 2.36. The van der Waals surface area contributed by atoms with Gasteiger partial charge in [-0.2, -0.15) is 0 Å². The molecule has 1 fully saturated rings. The molecule has 0 spiro atoms. The average molecular weight is 584 g/mol. The first-order valence-electron chi connectivity index (χ1n) is 10.1. The van der Waals surface area contributed by atoms with E-state index >= 15 is 0 Å². The molecular formula is C23H20BrClN2O7S. The van der Waals surface area contributed by atoms with E-state index in [4.69, 9.17) is 21.1 Å². The molecule has 1 N–H and O–H groups in total. The Morgan fingerprint density at radius 2 is 1.91 bits per heavy atom. The summed E-state index contributed by atoms with van der Waals surface area (Å²) >= 11 is 10.1. The highest BCUT2D eigenvalue weighted by Crippen LogP contribution is 2.38. The lowest BCUT2D eigenvalue weighted by molar-refractivity contribution is -0.127. The van der Waals surface area contributed by atoms with Crippen molar-refractivity contribution in [2.45, 2.75) is 6.92 Å². The van der Waals surface area contributed by atoms with Crippen LogP contribution in [0.2, 0.25) is 5.02 Å². The second-order valence-corrected chi connectivity index (χ2v) is 9.21. The van der Waals surface area contributed by atoms with E-state index in [1.807, 2.05) is 6.92 Å². The number of anilines is 1. The summed E-state index contributed by atoms with van der Waals surface area (Å²) in [6, 6.07) is 7.64. The van der Waals surface area contributed by atoms with Crippen molar-refractivity contribution < 1.29 is 33.4 Å². The second kappa shape index (κ2) is 11.6. The molecule has 1 aliphatic heterocycles. The summed E-state index contributed by atoms with van der Waals surface area (Å²) in [6.07, 6.45) is 1.53. The molecule has 0 saturated carbocycles. The number of nitrogens with one attached hydrogen (secondary N) is 1. The topological polar surface area (TPSA) is 111 Å². The number of halogens is 2. The summed E-state index contributed by atoms with van der Waals surface area (Å²) in [5, 5.41) is 2.11. The van der Waals surface area contributed by atoms with Gasteiger partial charge < -0.3 is 19.5 Å². The lowest BCUT2D eigenvalue weighted by Crippen LogP contribution is -2.36. The number of carbonyl (C=O) groups is 4. The van der Waals surface area contributed by atoms with Crippen LogP contribution < -0.4 is 14.8 Å². The monoisotopic (exact) mass is 582 g/mol. The van der Waals surface area contributed by atoms with Crippen molar-refractivity contribution in [1.82, 2.24) is 4.90 Å². The number of nitrogens with zero attached hydrogens (tertiary/aromatic N) is 1. The number of carbonyl (C=O) groups excluding carboxylic acids is 4. The molecule has 2 aromatic rings. The summed E-state index contributed by atoms with van der Waals surface area (Å²) in [5.41, 5.74) is 0.918. The van der Waals surface area contributed by atoms with Gasteiger partial charge in [0.2, 0.25) is 5.91 Å². The number of methoxy groups -OCH3 is 2. The Balaban J connectivity index is 1.75. The number of benzene rings is 2. The summed E-state index contributed by atoms with van der Waals surface area (Å²) in [7, 11) is 2.70. The highest BCUT2D eigenvalue weighted by atomic mass is 79.9. The minimum Gasteiger partial charge on any atom is -0.493 e. The Bertz CT molecular complexity index is 1230. The van der Waals surface area contributed by atoms with Crippen molar-refractivity contribution in [2.24, 2.45) is 0 Å². The first-order valence-corrected chi connectivity index (χ1v) is 12.1. The molecule has 0 radical (unpaired) electrons. The van der Waals surface area contributed by atoms with Crippen molar-refractivity contribution in [3.63, 3.8) is 0 Å². The van der Waals surface area contributed by atoms with Gasteiger partial charge >= 0.3 is 5.97 Å². The Kier molecular flexibility index (Phi) is 8.82. The molecule has 0 aliphatic carbocycles. The quantitative estimate of drug-likeness (QED) is 0.343. The first-order chi connectivity index (χ1) is 16.7. The third-order valence-corrected chi connectivity index (χ3v) is 6.62. The molecule has 2 aromatic carbocycles. The Morgan fingerprint density at radius 1 is 1.17 bits per heavy atom. The third-order valence-electron chi connectivity index (χ3n) is 4.70. The number of hydrogen-bond donors (Lipinski definition) is 1. The van der Waals surface area contributed by atoms with E-state index in [2.05, 4.69) is 26.0 Å². The van der Waals surface area contributed by atoms with E-state index in [1.165, 1.54) is 38.5 Å². The molecule has 35 heavy (non-hydrogen) atoms. The zero-order valence-corrected chi connectivity index (χ0v) is 22.0. The van der Waals surface area contributed by atoms with Gasteiger partial charge in [-0.1, -0.05) is 27.5 Å². The Morgan fingerprint density at radius 3 is 2.57 bits per heavy atom. The van der Waals surface area contributed by atoms with E-state index < -0.39 is 29.6 Å². The number of thioether (sulfide) groups is 1. The predicted octanol–water partition coefficient (Wildman–Crippen LogP) is 4.97. The molecule has 3 rings (SSSR count). The van der Waals surface area contributed by atoms with Gasteiger partial charge in [-0.15, -0.1) is 0 Å². The highest BCUT2D eigenvalue weighted by molar-refractivity contribution is 9.10. The van der Waals surface area contributed by atoms with Gasteiger partial charge in [0.15, 0.2) is 11.5 Å². The van der Waals surface area contributed by atoms with Crippen molar-refractivity contribution in [2.75, 3.05) is 32.7 Å². The van der Waals surface area contributed by atoms with Gasteiger partial charge in [-0.3, -0.25) is 19.3 Å². The summed E-state index contributed by atoms with van der Waals surface area (Å²) in [6.45, 7) is 1.79. The standard InChI is InChI=1S/C23H20BrClN2O7S/c1-4-34-18-10-15(24)12(7-17(18)32-2)8-19-21(29)27(23(31)35-19)11-20(28)26-13-5-6-16(25)14(9-13)22(30)33-3/h5-10H,4,11H2,1-3H3,(H,26,28)/b19-8-. The van der Waals surface area contributed by atoms with Gasteiger partial charge in [0, 0.05) is 10.2 Å². The van der Waals surface area contributed by atoms with E-state index in [0.717, 1.165) is 16.7 Å². The molecular weight excluding hydrogens is 564 g/mol. The molecule has 9 nitrogen and oxygen atoms in total. The SMILES string of the molecule is CCOc1cc(Br)c(/C=C2\SC(=O)N(CC(=O)Nc3ccc(Cl)c(C(=O)OC)c3)C2=O)cc1OC. The first kappa shape index (κ1) is 26.6. The van der Waals surface area contributed by atoms with Gasteiger partial charge in [-0.05, 0) is 60.7 Å². The predicted molar refractivity (Wildman–Crippen MR) is 136 cm³/mol. The zero-order valence-electron chi connectivity index (χ0n) is 18.8. The van der Waals surface area contributed by atoms with E-state index in [-0.39, 0.29) is 21.2 Å². The smallest absolute Gasteiger partial charge is 0.339 e. The van der Waals surface area contributed by atoms with Crippen LogP contribution >= 0.6 is 39.3 Å². The molecule has 0 unspecified atom stereocenters. The normalized spacial score (nSPS) is 14.3. The Labute approximate surface area is 218 Å². The molecule has 3 amide bonds. The zero-order chi connectivity index (χ0) is 25.7. The maximum Gasteiger partial charge on any atom is 0.339 e. The molecule has 0 bridgehead atoms.